The summed E-state index contributed by atoms with van der Waals surface area (Å²) in [5.74, 6) is -15.5. The summed E-state index contributed by atoms with van der Waals surface area (Å²) in [6.07, 6.45) is 10.4. The molecule has 7 N–H and O–H groups in total. The van der Waals surface area contributed by atoms with Crippen LogP contribution in [0.25, 0.3) is 44.3 Å². The second-order valence-electron chi connectivity index (χ2n) is 23.1. The number of H-pyrrole nitrogens is 2. The number of pyridine rings is 2. The number of anilines is 3. The minimum Gasteiger partial charge on any atom is -0.477 e. The van der Waals surface area contributed by atoms with Crippen LogP contribution in [-0.2, 0) is 54.2 Å². The standard InChI is InChI=1S/C24H20ClF2N3O3S.C13H9ClN2.C12H15F2NO4S.C12H14F2O4S.C8H7F2NO2.C3H7ClO2S/c1-2-3-10-34(32,33)30-20-9-8-19(26)21(22(20)27)23(31)18-13-29-24-17(18)11-15(12-28-24)14-4-6-16(25)7-5-14;14-12-3-1-9(2-4-12)11-7-10-5-6-15-13(10)16-8-11;1-3-4-7-20(17,18)15-9-6-5-8(13)10(11(9)14)12(16)19-2;1-2-3-6-19(17,18)7-8-4-5-9(13)10(11(8)14)12(15)16;1-13-8(12)6-4(9)2-3-5(11)7(6)10;1-2-3-7(4,5)6/h4-9,11-13,30H,2-3,10H2,1H3,(H,28,29);1-8H,(H,15,16);5-6,15H,3-4,7H2,1-2H3;4-5H,2-3,6-7H2,1H3,(H,15,16);2-3H,11H2,1H3;2-3H2,1H3. The molecule has 0 radical (unpaired) electrons. The van der Waals surface area contributed by atoms with Gasteiger partial charge in [-0.15, -0.1) is 0 Å². The predicted octanol–water partition coefficient (Wildman–Crippen LogP) is 16.8. The van der Waals surface area contributed by atoms with Gasteiger partial charge < -0.3 is 30.3 Å². The Morgan fingerprint density at radius 3 is 1.41 bits per heavy atom. The molecule has 0 aliphatic rings. The lowest BCUT2D eigenvalue weighted by Crippen LogP contribution is -2.19. The first-order valence-electron chi connectivity index (χ1n) is 32.4. The van der Waals surface area contributed by atoms with Gasteiger partial charge >= 0.3 is 17.9 Å². The number of hydrogen-bond donors (Lipinski definition) is 6. The molecule has 4 aromatic heterocycles. The number of sulfone groups is 1. The number of fused-ring (bicyclic) bond motifs is 2. The number of nitrogens with one attached hydrogen (secondary N) is 4. The number of methoxy groups -OCH3 is 2. The highest BCUT2D eigenvalue weighted by Gasteiger charge is 2.28. The molecule has 0 aliphatic heterocycles. The van der Waals surface area contributed by atoms with Crippen molar-refractivity contribution >= 4 is 136 Å². The Balaban J connectivity index is 0.000000248. The van der Waals surface area contributed by atoms with E-state index in [9.17, 15) is 83.6 Å². The van der Waals surface area contributed by atoms with Crippen LogP contribution >= 0.6 is 33.9 Å². The van der Waals surface area contributed by atoms with Crippen LogP contribution in [0.3, 0.4) is 0 Å². The van der Waals surface area contributed by atoms with E-state index in [1.807, 2.05) is 68.2 Å². The number of sulfonamides is 2. The van der Waals surface area contributed by atoms with Gasteiger partial charge in [-0.25, -0.2) is 93.1 Å². The Labute approximate surface area is 637 Å². The number of rotatable bonds is 24. The average molecular weight is 1660 g/mol. The minimum absolute atomic E-state index is 0.00195. The number of ketones is 1. The molecule has 0 amide bonds. The summed E-state index contributed by atoms with van der Waals surface area (Å²) < 4.78 is 214. The first-order valence-corrected chi connectivity index (χ1v) is 40.8. The number of ether oxygens (including phenoxy) is 2. The number of carbonyl (C=O) groups is 4. The van der Waals surface area contributed by atoms with Gasteiger partial charge in [0.15, 0.2) is 27.3 Å². The smallest absolute Gasteiger partial charge is 0.343 e. The van der Waals surface area contributed by atoms with Gasteiger partial charge in [0, 0.05) is 78.5 Å². The zero-order valence-corrected chi connectivity index (χ0v) is 64.2. The number of benzene rings is 6. The summed E-state index contributed by atoms with van der Waals surface area (Å²) in [6.45, 7) is 7.21. The third kappa shape index (κ3) is 26.5. The van der Waals surface area contributed by atoms with Crippen molar-refractivity contribution in [2.45, 2.75) is 78.4 Å². The van der Waals surface area contributed by atoms with Crippen LogP contribution in [-0.4, -0.2) is 120 Å². The number of halogens is 11. The number of aromatic carboxylic acids is 1. The van der Waals surface area contributed by atoms with Gasteiger partial charge in [-0.3, -0.25) is 14.2 Å². The molecule has 37 heteroatoms. The Morgan fingerprint density at radius 1 is 0.505 bits per heavy atom. The lowest BCUT2D eigenvalue weighted by molar-refractivity contribution is 0.0580. The molecule has 0 atom stereocenters. The molecule has 586 valence electrons. The molecule has 4 heterocycles. The van der Waals surface area contributed by atoms with Crippen molar-refractivity contribution in [3.8, 4) is 22.3 Å². The number of carbonyl (C=O) groups excluding carboxylic acids is 3. The van der Waals surface area contributed by atoms with Crippen LogP contribution in [0.4, 0.5) is 52.2 Å². The second-order valence-corrected chi connectivity index (χ2v) is 32.8. The van der Waals surface area contributed by atoms with Gasteiger partial charge in [-0.05, 0) is 122 Å². The normalized spacial score (nSPS) is 11.2. The number of esters is 2. The third-order valence-electron chi connectivity index (χ3n) is 14.9. The maximum Gasteiger partial charge on any atom is 0.343 e. The molecular formula is C72H72Cl3F8N7O15S4. The maximum atomic E-state index is 15.2. The van der Waals surface area contributed by atoms with E-state index in [0.29, 0.717) is 66.6 Å². The number of carboxylic acids is 1. The van der Waals surface area contributed by atoms with Crippen LogP contribution in [0.2, 0.25) is 10.0 Å². The van der Waals surface area contributed by atoms with Crippen molar-refractivity contribution in [3.05, 3.63) is 230 Å². The van der Waals surface area contributed by atoms with Gasteiger partial charge in [0.05, 0.1) is 65.6 Å². The van der Waals surface area contributed by atoms with E-state index in [2.05, 4.69) is 40.2 Å². The molecule has 0 bridgehead atoms. The lowest BCUT2D eigenvalue weighted by atomic mass is 10.00. The zero-order chi connectivity index (χ0) is 81.3. The van der Waals surface area contributed by atoms with Gasteiger partial charge in [-0.1, -0.05) is 100 Å². The molecule has 10 aromatic rings. The molecule has 0 saturated carbocycles. The number of nitrogens with two attached hydrogens (primary N) is 1. The van der Waals surface area contributed by atoms with Crippen LogP contribution in [0.5, 0.6) is 0 Å². The van der Waals surface area contributed by atoms with E-state index < -0.39 is 149 Å². The summed E-state index contributed by atoms with van der Waals surface area (Å²) in [5, 5.41) is 11.5. The van der Waals surface area contributed by atoms with Crippen molar-refractivity contribution in [2.75, 3.05) is 52.4 Å². The number of aromatic amines is 2. The SMILES string of the molecule is CCCCS(=O)(=O)Cc1ccc(F)c(C(=O)O)c1F.CCCCS(=O)(=O)Nc1ccc(F)c(C(=O)OC)c1F.CCCCS(=O)(=O)Nc1ccc(F)c(C(=O)c2c[nH]c3ncc(-c4ccc(Cl)cc4)cc23)c1F.CCCS(=O)(=O)Cl.COC(=O)c1c(F)ccc(N)c1F.Clc1ccc(-c2cnc3[nH]ccc3c2)cc1. The van der Waals surface area contributed by atoms with E-state index in [-0.39, 0.29) is 39.8 Å². The fraction of sp³-hybridized carbons (Fsp3) is 0.250. The quantitative estimate of drug-likeness (QED) is 0.0108. The number of unbranched alkanes of at least 4 members (excludes halogenated alkanes) is 3. The number of nitrogens with zero attached hydrogens (tertiary/aromatic N) is 2. The van der Waals surface area contributed by atoms with Crippen molar-refractivity contribution in [3.63, 3.8) is 0 Å². The molecule has 0 spiro atoms. The maximum absolute atomic E-state index is 15.2. The Kier molecular flexibility index (Phi) is 34.0. The van der Waals surface area contributed by atoms with Gasteiger partial charge in [0.1, 0.15) is 57.1 Å². The van der Waals surface area contributed by atoms with Crippen molar-refractivity contribution in [1.29, 1.82) is 0 Å². The summed E-state index contributed by atoms with van der Waals surface area (Å²) in [7, 11) is -7.52. The van der Waals surface area contributed by atoms with Crippen molar-refractivity contribution in [2.24, 2.45) is 0 Å². The van der Waals surface area contributed by atoms with Crippen LogP contribution in [0.1, 0.15) is 125 Å². The molecule has 10 rings (SSSR count). The van der Waals surface area contributed by atoms with E-state index in [0.717, 1.165) is 95.5 Å². The zero-order valence-electron chi connectivity index (χ0n) is 58.7. The van der Waals surface area contributed by atoms with Gasteiger partial charge in [-0.2, -0.15) is 0 Å². The fourth-order valence-corrected chi connectivity index (χ4v) is 14.7. The Hall–Kier alpha value is -9.71. The average Bonchev–Trinajstić information content (AvgIpc) is 1.73. The predicted molar refractivity (Wildman–Crippen MR) is 403 cm³/mol. The van der Waals surface area contributed by atoms with E-state index in [4.69, 9.17) is 44.7 Å². The molecule has 6 aromatic carbocycles. The van der Waals surface area contributed by atoms with Gasteiger partial charge in [0.2, 0.25) is 34.9 Å². The Bertz CT molecular complexity index is 5360. The van der Waals surface area contributed by atoms with Crippen molar-refractivity contribution < 1.29 is 103 Å². The molecule has 0 aliphatic carbocycles. The summed E-state index contributed by atoms with van der Waals surface area (Å²) in [5.41, 5.74) is 4.85. The van der Waals surface area contributed by atoms with E-state index in [1.54, 1.807) is 43.5 Å². The van der Waals surface area contributed by atoms with Crippen LogP contribution < -0.4 is 15.2 Å². The number of carboxylic acid groups (broad SMARTS) is 1. The highest BCUT2D eigenvalue weighted by molar-refractivity contribution is 8.13. The number of nitrogen functional groups attached to an aromatic ring is 1. The lowest BCUT2D eigenvalue weighted by Gasteiger charge is -2.11. The van der Waals surface area contributed by atoms with Crippen LogP contribution in [0, 0.1) is 46.5 Å². The first-order chi connectivity index (χ1) is 51.3. The molecular weight excluding hydrogens is 1590 g/mol. The van der Waals surface area contributed by atoms with Crippen molar-refractivity contribution in [1.82, 2.24) is 19.9 Å². The van der Waals surface area contributed by atoms with Gasteiger partial charge in [0.25, 0.3) is 0 Å². The largest absolute Gasteiger partial charge is 0.477 e. The fourth-order valence-electron chi connectivity index (χ4n) is 9.41. The molecule has 0 saturated heterocycles. The molecule has 0 unspecified atom stereocenters. The van der Waals surface area contributed by atoms with E-state index >= 15 is 4.39 Å². The summed E-state index contributed by atoms with van der Waals surface area (Å²) in [4.78, 5) is 60.6. The highest BCUT2D eigenvalue weighted by Crippen LogP contribution is 2.32. The van der Waals surface area contributed by atoms with E-state index in [1.165, 1.54) is 6.20 Å². The van der Waals surface area contributed by atoms with Crippen LogP contribution in [0.15, 0.2) is 140 Å². The molecule has 0 fully saturated rings. The minimum atomic E-state index is -3.85. The highest BCUT2D eigenvalue weighted by atomic mass is 35.7. The summed E-state index contributed by atoms with van der Waals surface area (Å²) >= 11 is 11.8. The third-order valence-corrected chi connectivity index (χ3v) is 21.2. The molecule has 22 nitrogen and oxygen atoms in total. The monoisotopic (exact) mass is 1660 g/mol. The molecule has 109 heavy (non-hydrogen) atoms. The first kappa shape index (κ1) is 89.9. The number of hydrogen-bond acceptors (Lipinski definition) is 17. The Morgan fingerprint density at radius 2 is 0.945 bits per heavy atom. The summed E-state index contributed by atoms with van der Waals surface area (Å²) in [6, 6.07) is 27.8. The second kappa shape index (κ2) is 41.2. The topological polar surface area (TPSA) is 351 Å². The number of aromatic nitrogens is 4.